The molecule has 0 amide bonds. The summed E-state index contributed by atoms with van der Waals surface area (Å²) in [5.74, 6) is -0.0736. The Hall–Kier alpha value is -1.73. The fraction of sp³-hybridized carbons (Fsp3) is 0.385. The van der Waals surface area contributed by atoms with Gasteiger partial charge in [0.25, 0.3) is 0 Å². The molecule has 0 atom stereocenters. The van der Waals surface area contributed by atoms with Gasteiger partial charge in [-0.25, -0.2) is 0 Å². The number of carbonyl (C=O) groups is 1. The molecule has 0 bridgehead atoms. The van der Waals surface area contributed by atoms with Crippen LogP contribution < -0.4 is 0 Å². The number of hydrogen-bond acceptors (Lipinski definition) is 1. The molecule has 0 saturated carbocycles. The number of benzene rings is 1. The van der Waals surface area contributed by atoms with Gasteiger partial charge in [-0.1, -0.05) is 30.3 Å². The molecule has 0 aliphatic carbocycles. The van der Waals surface area contributed by atoms with E-state index in [1.807, 2.05) is 18.2 Å². The quantitative estimate of drug-likeness (QED) is 0.312. The van der Waals surface area contributed by atoms with E-state index in [1.165, 1.54) is 12.5 Å². The largest absolute Gasteiger partial charge is 0.361 e. The number of hydrogen-bond donors (Lipinski definition) is 0. The van der Waals surface area contributed by atoms with Crippen LogP contribution in [0.15, 0.2) is 30.3 Å². The van der Waals surface area contributed by atoms with E-state index >= 15 is 0 Å². The molecule has 0 spiro atoms. The molecule has 0 aromatic heterocycles. The molecule has 0 aliphatic heterocycles. The second-order valence-electron chi connectivity index (χ2n) is 3.80. The van der Waals surface area contributed by atoms with Gasteiger partial charge >= 0.3 is 5.71 Å². The molecule has 0 N–H and O–H groups in total. The van der Waals surface area contributed by atoms with E-state index in [0.717, 1.165) is 19.3 Å². The molecule has 1 aromatic rings. The zero-order valence-corrected chi connectivity index (χ0v) is 9.52. The third kappa shape index (κ3) is 4.20. The Morgan fingerprint density at radius 3 is 2.56 bits per heavy atom. The van der Waals surface area contributed by atoms with Crippen molar-refractivity contribution >= 4 is 11.5 Å². The van der Waals surface area contributed by atoms with Gasteiger partial charge < -0.3 is 5.53 Å². The van der Waals surface area contributed by atoms with Crippen LogP contribution in [0, 0.1) is 0 Å². The monoisotopic (exact) mass is 216 g/mol. The lowest BCUT2D eigenvalue weighted by molar-refractivity contribution is -0.117. The molecule has 16 heavy (non-hydrogen) atoms. The lowest BCUT2D eigenvalue weighted by Gasteiger charge is -1.99. The van der Waals surface area contributed by atoms with Gasteiger partial charge in [-0.3, -0.25) is 4.79 Å². The number of Topliss-reactive ketones (excluding diaryl/α,β-unsaturated/α-hetero) is 1. The standard InChI is InChI=1S/C13H16N2O/c1-11(15-14)13(16)10-6-5-9-12-7-3-2-4-8-12/h2-4,7-8H,5-6,9-10H2,1H3. The molecule has 0 saturated heterocycles. The smallest absolute Gasteiger partial charge is 0.331 e. The van der Waals surface area contributed by atoms with Crippen molar-refractivity contribution in [1.29, 1.82) is 0 Å². The molecule has 84 valence electrons. The van der Waals surface area contributed by atoms with E-state index in [1.54, 1.807) is 0 Å². The fourth-order valence-electron chi connectivity index (χ4n) is 1.50. The van der Waals surface area contributed by atoms with Crippen LogP contribution in [0.25, 0.3) is 5.53 Å². The van der Waals surface area contributed by atoms with E-state index in [-0.39, 0.29) is 11.5 Å². The Morgan fingerprint density at radius 2 is 1.94 bits per heavy atom. The van der Waals surface area contributed by atoms with Crippen LogP contribution in [0.1, 0.15) is 31.7 Å². The minimum absolute atomic E-state index is 0.0736. The van der Waals surface area contributed by atoms with Gasteiger partial charge in [-0.05, 0) is 24.8 Å². The second-order valence-corrected chi connectivity index (χ2v) is 3.80. The number of nitrogens with zero attached hydrogens (tertiary/aromatic N) is 2. The number of aryl methyl sites for hydroxylation is 1. The normalized spacial score (nSPS) is 9.56. The minimum atomic E-state index is -0.0736. The Balaban J connectivity index is 2.23. The first kappa shape index (κ1) is 12.3. The Labute approximate surface area is 95.7 Å². The second kappa shape index (κ2) is 6.70. The number of unbranched alkanes of at least 4 members (excludes halogenated alkanes) is 1. The average molecular weight is 216 g/mol. The van der Waals surface area contributed by atoms with Crippen LogP contribution in [0.3, 0.4) is 0 Å². The third-order valence-electron chi connectivity index (χ3n) is 2.52. The van der Waals surface area contributed by atoms with Crippen molar-refractivity contribution in [2.75, 3.05) is 0 Å². The van der Waals surface area contributed by atoms with Crippen molar-refractivity contribution in [2.24, 2.45) is 0 Å². The van der Waals surface area contributed by atoms with E-state index in [9.17, 15) is 4.79 Å². The van der Waals surface area contributed by atoms with Crippen LogP contribution in [0.2, 0.25) is 0 Å². The highest BCUT2D eigenvalue weighted by Gasteiger charge is 2.11. The van der Waals surface area contributed by atoms with E-state index in [4.69, 9.17) is 5.53 Å². The average Bonchev–Trinajstić information content (AvgIpc) is 2.34. The summed E-state index contributed by atoms with van der Waals surface area (Å²) in [4.78, 5) is 14.2. The molecule has 1 rings (SSSR count). The minimum Gasteiger partial charge on any atom is -0.361 e. The first-order valence-electron chi connectivity index (χ1n) is 5.50. The van der Waals surface area contributed by atoms with Gasteiger partial charge in [-0.2, -0.15) is 4.79 Å². The maximum absolute atomic E-state index is 11.3. The van der Waals surface area contributed by atoms with Crippen molar-refractivity contribution in [3.8, 4) is 0 Å². The van der Waals surface area contributed by atoms with Crippen molar-refractivity contribution in [3.05, 3.63) is 41.4 Å². The van der Waals surface area contributed by atoms with Crippen molar-refractivity contribution in [1.82, 2.24) is 0 Å². The van der Waals surface area contributed by atoms with E-state index in [2.05, 4.69) is 16.9 Å². The molecular weight excluding hydrogens is 200 g/mol. The molecule has 0 aliphatic rings. The van der Waals surface area contributed by atoms with E-state index < -0.39 is 0 Å². The van der Waals surface area contributed by atoms with Crippen molar-refractivity contribution in [2.45, 2.75) is 32.6 Å². The SMILES string of the molecule is CC(=[N+]=[N-])C(=O)CCCCc1ccccc1. The van der Waals surface area contributed by atoms with Crippen LogP contribution in [-0.2, 0) is 11.2 Å². The van der Waals surface area contributed by atoms with Crippen molar-refractivity contribution < 1.29 is 9.58 Å². The van der Waals surface area contributed by atoms with Gasteiger partial charge in [0.05, 0.1) is 0 Å². The van der Waals surface area contributed by atoms with Gasteiger partial charge in [0, 0.05) is 13.3 Å². The molecular formula is C13H16N2O. The summed E-state index contributed by atoms with van der Waals surface area (Å²) in [7, 11) is 0. The summed E-state index contributed by atoms with van der Waals surface area (Å²) in [5, 5.41) is 0. The predicted molar refractivity (Wildman–Crippen MR) is 63.3 cm³/mol. The molecule has 0 heterocycles. The zero-order valence-electron chi connectivity index (χ0n) is 9.52. The number of carbonyl (C=O) groups excluding carboxylic acids is 1. The third-order valence-corrected chi connectivity index (χ3v) is 2.52. The lowest BCUT2D eigenvalue weighted by Crippen LogP contribution is -2.10. The van der Waals surface area contributed by atoms with Gasteiger partial charge in [0.1, 0.15) is 0 Å². The summed E-state index contributed by atoms with van der Waals surface area (Å²) in [6.45, 7) is 1.53. The molecule has 0 unspecified atom stereocenters. The maximum Gasteiger partial charge on any atom is 0.331 e. The molecule has 3 nitrogen and oxygen atoms in total. The maximum atomic E-state index is 11.3. The predicted octanol–water partition coefficient (Wildman–Crippen LogP) is 2.66. The van der Waals surface area contributed by atoms with Gasteiger partial charge in [0.2, 0.25) is 5.78 Å². The van der Waals surface area contributed by atoms with Crippen LogP contribution in [0.4, 0.5) is 0 Å². The van der Waals surface area contributed by atoms with E-state index in [0.29, 0.717) is 6.42 Å². The van der Waals surface area contributed by atoms with Crippen LogP contribution >= 0.6 is 0 Å². The Kier molecular flexibility index (Phi) is 5.17. The fourth-order valence-corrected chi connectivity index (χ4v) is 1.50. The number of rotatable bonds is 6. The van der Waals surface area contributed by atoms with Gasteiger partial charge in [-0.15, -0.1) is 0 Å². The summed E-state index contributed by atoms with van der Waals surface area (Å²) in [6, 6.07) is 10.2. The summed E-state index contributed by atoms with van der Waals surface area (Å²) in [6.07, 6.45) is 3.27. The molecule has 0 radical (unpaired) electrons. The van der Waals surface area contributed by atoms with Crippen LogP contribution in [0.5, 0.6) is 0 Å². The summed E-state index contributed by atoms with van der Waals surface area (Å²) in [5.41, 5.74) is 9.90. The summed E-state index contributed by atoms with van der Waals surface area (Å²) < 4.78 is 0. The molecule has 1 aromatic carbocycles. The molecule has 3 heteroatoms. The zero-order chi connectivity index (χ0) is 11.8. The van der Waals surface area contributed by atoms with Crippen molar-refractivity contribution in [3.63, 3.8) is 0 Å². The highest BCUT2D eigenvalue weighted by Crippen LogP contribution is 2.06. The first-order valence-corrected chi connectivity index (χ1v) is 5.50. The van der Waals surface area contributed by atoms with Gasteiger partial charge in [0.15, 0.2) is 0 Å². The Bertz CT molecular complexity index is 392. The Morgan fingerprint density at radius 1 is 1.25 bits per heavy atom. The summed E-state index contributed by atoms with van der Waals surface area (Å²) >= 11 is 0. The lowest BCUT2D eigenvalue weighted by atomic mass is 10.0. The molecule has 0 fully saturated rings. The number of ketones is 1. The topological polar surface area (TPSA) is 53.5 Å². The highest BCUT2D eigenvalue weighted by molar-refractivity contribution is 6.36. The first-order chi connectivity index (χ1) is 7.74. The van der Waals surface area contributed by atoms with Crippen LogP contribution in [-0.4, -0.2) is 16.3 Å². The highest BCUT2D eigenvalue weighted by atomic mass is 16.1.